The van der Waals surface area contributed by atoms with Gasteiger partial charge >= 0.3 is 0 Å². The van der Waals surface area contributed by atoms with Crippen LogP contribution in [-0.4, -0.2) is 28.8 Å². The average molecular weight is 326 g/mol. The fourth-order valence-electron chi connectivity index (χ4n) is 3.30. The van der Waals surface area contributed by atoms with Gasteiger partial charge in [-0.15, -0.1) is 0 Å². The van der Waals surface area contributed by atoms with Crippen LogP contribution in [0.5, 0.6) is 0 Å². The monoisotopic (exact) mass is 326 g/mol. The summed E-state index contributed by atoms with van der Waals surface area (Å²) in [6, 6.07) is 8.09. The highest BCUT2D eigenvalue weighted by atomic mass is 16.1. The average Bonchev–Trinajstić information content (AvgIpc) is 3.05. The topological polar surface area (TPSA) is 59.0 Å². The van der Waals surface area contributed by atoms with E-state index in [4.69, 9.17) is 5.10 Å². The minimum atomic E-state index is -0.0732. The molecule has 1 amide bonds. The molecular formula is C19H26N4O. The van der Waals surface area contributed by atoms with Gasteiger partial charge in [-0.05, 0) is 43.5 Å². The molecule has 1 aromatic heterocycles. The van der Waals surface area contributed by atoms with Crippen LogP contribution in [0.25, 0.3) is 5.69 Å². The van der Waals surface area contributed by atoms with E-state index in [1.165, 1.54) is 32.1 Å². The summed E-state index contributed by atoms with van der Waals surface area (Å²) in [4.78, 5) is 11.6. The molecule has 3 rings (SSSR count). The molecule has 1 saturated carbocycles. The lowest BCUT2D eigenvalue weighted by atomic mass is 9.95. The third-order valence-electron chi connectivity index (χ3n) is 4.71. The van der Waals surface area contributed by atoms with Crippen molar-refractivity contribution in [1.29, 1.82) is 0 Å². The number of carbonyl (C=O) groups is 1. The number of nitrogens with zero attached hydrogens (tertiary/aromatic N) is 2. The van der Waals surface area contributed by atoms with Crippen LogP contribution in [0.2, 0.25) is 0 Å². The molecule has 1 aliphatic rings. The lowest BCUT2D eigenvalue weighted by Gasteiger charge is -2.23. The highest BCUT2D eigenvalue weighted by molar-refractivity contribution is 5.94. The summed E-state index contributed by atoms with van der Waals surface area (Å²) in [6.45, 7) is 2.13. The largest absolute Gasteiger partial charge is 0.380 e. The maximum Gasteiger partial charge on any atom is 0.251 e. The first-order chi connectivity index (χ1) is 11.7. The third-order valence-corrected chi connectivity index (χ3v) is 4.71. The van der Waals surface area contributed by atoms with Gasteiger partial charge in [-0.2, -0.15) is 5.10 Å². The molecule has 24 heavy (non-hydrogen) atoms. The van der Waals surface area contributed by atoms with Crippen molar-refractivity contribution >= 4 is 11.6 Å². The van der Waals surface area contributed by atoms with E-state index in [2.05, 4.69) is 23.8 Å². The van der Waals surface area contributed by atoms with E-state index in [0.717, 1.165) is 23.5 Å². The Morgan fingerprint density at radius 3 is 2.54 bits per heavy atom. The number of hydrogen-bond donors (Lipinski definition) is 2. The van der Waals surface area contributed by atoms with Crippen molar-refractivity contribution < 1.29 is 4.79 Å². The first-order valence-corrected chi connectivity index (χ1v) is 8.89. The third kappa shape index (κ3) is 3.61. The Balaban J connectivity index is 1.79. The molecule has 0 bridgehead atoms. The van der Waals surface area contributed by atoms with Crippen LogP contribution in [0.15, 0.2) is 30.5 Å². The minimum Gasteiger partial charge on any atom is -0.380 e. The van der Waals surface area contributed by atoms with Gasteiger partial charge in [0.1, 0.15) is 0 Å². The fourth-order valence-corrected chi connectivity index (χ4v) is 3.30. The molecule has 0 saturated heterocycles. The molecule has 0 aliphatic heterocycles. The maximum absolute atomic E-state index is 11.6. The van der Waals surface area contributed by atoms with Gasteiger partial charge in [0.05, 0.1) is 23.3 Å². The van der Waals surface area contributed by atoms with Gasteiger partial charge in [0.2, 0.25) is 0 Å². The summed E-state index contributed by atoms with van der Waals surface area (Å²) in [6.07, 6.45) is 9.45. The van der Waals surface area contributed by atoms with E-state index in [1.54, 1.807) is 7.05 Å². The van der Waals surface area contributed by atoms with Crippen LogP contribution in [-0.2, 0) is 6.42 Å². The van der Waals surface area contributed by atoms with Crippen LogP contribution in [0.1, 0.15) is 55.1 Å². The second-order valence-corrected chi connectivity index (χ2v) is 6.39. The summed E-state index contributed by atoms with van der Waals surface area (Å²) >= 11 is 0. The summed E-state index contributed by atoms with van der Waals surface area (Å²) in [5.41, 5.74) is 3.86. The number of aryl methyl sites for hydroxylation is 1. The Kier molecular flexibility index (Phi) is 5.18. The van der Waals surface area contributed by atoms with Crippen molar-refractivity contribution in [2.75, 3.05) is 12.4 Å². The Bertz CT molecular complexity index is 684. The van der Waals surface area contributed by atoms with E-state index in [1.807, 2.05) is 28.9 Å². The van der Waals surface area contributed by atoms with Crippen LogP contribution < -0.4 is 10.6 Å². The van der Waals surface area contributed by atoms with Gasteiger partial charge in [0.15, 0.2) is 0 Å². The van der Waals surface area contributed by atoms with Crippen molar-refractivity contribution in [2.24, 2.45) is 0 Å². The molecule has 2 aromatic rings. The van der Waals surface area contributed by atoms with Crippen molar-refractivity contribution in [3.63, 3.8) is 0 Å². The van der Waals surface area contributed by atoms with Crippen molar-refractivity contribution in [2.45, 2.75) is 51.5 Å². The quantitative estimate of drug-likeness (QED) is 0.883. The smallest absolute Gasteiger partial charge is 0.251 e. The molecule has 0 spiro atoms. The van der Waals surface area contributed by atoms with Crippen LogP contribution in [0.3, 0.4) is 0 Å². The van der Waals surface area contributed by atoms with Gasteiger partial charge < -0.3 is 10.6 Å². The highest BCUT2D eigenvalue weighted by Crippen LogP contribution is 2.24. The second-order valence-electron chi connectivity index (χ2n) is 6.39. The second kappa shape index (κ2) is 7.51. The van der Waals surface area contributed by atoms with Crippen LogP contribution in [0.4, 0.5) is 5.69 Å². The summed E-state index contributed by atoms with van der Waals surface area (Å²) in [5, 5.41) is 11.0. The molecule has 0 unspecified atom stereocenters. The van der Waals surface area contributed by atoms with Crippen LogP contribution in [0, 0.1) is 0 Å². The molecule has 0 radical (unpaired) electrons. The Morgan fingerprint density at radius 2 is 1.92 bits per heavy atom. The van der Waals surface area contributed by atoms with Crippen molar-refractivity contribution in [1.82, 2.24) is 15.1 Å². The number of carbonyl (C=O) groups excluding carboxylic acids is 1. The lowest BCUT2D eigenvalue weighted by molar-refractivity contribution is 0.0963. The first kappa shape index (κ1) is 16.6. The van der Waals surface area contributed by atoms with Gasteiger partial charge in [-0.1, -0.05) is 26.2 Å². The van der Waals surface area contributed by atoms with E-state index in [0.29, 0.717) is 11.6 Å². The Morgan fingerprint density at radius 1 is 1.21 bits per heavy atom. The van der Waals surface area contributed by atoms with Crippen LogP contribution >= 0.6 is 0 Å². The van der Waals surface area contributed by atoms with Gasteiger partial charge in [0, 0.05) is 18.7 Å². The number of rotatable bonds is 5. The van der Waals surface area contributed by atoms with E-state index in [9.17, 15) is 4.79 Å². The minimum absolute atomic E-state index is 0.0732. The zero-order valence-electron chi connectivity index (χ0n) is 14.5. The highest BCUT2D eigenvalue weighted by Gasteiger charge is 2.16. The van der Waals surface area contributed by atoms with Gasteiger partial charge in [-0.25, -0.2) is 4.68 Å². The molecule has 1 heterocycles. The lowest BCUT2D eigenvalue weighted by Crippen LogP contribution is -2.22. The van der Waals surface area contributed by atoms with Gasteiger partial charge in [0.25, 0.3) is 5.91 Å². The van der Waals surface area contributed by atoms with E-state index >= 15 is 0 Å². The molecule has 1 fully saturated rings. The van der Waals surface area contributed by atoms with E-state index < -0.39 is 0 Å². The number of nitrogens with one attached hydrogen (secondary N) is 2. The Labute approximate surface area is 143 Å². The fraction of sp³-hybridized carbons (Fsp3) is 0.474. The molecule has 1 aliphatic carbocycles. The SMILES string of the molecule is CCc1nn(-c2ccc(C(=O)NC)cc2)cc1NC1CCCCC1. The van der Waals surface area contributed by atoms with Gasteiger partial charge in [-0.3, -0.25) is 4.79 Å². The summed E-state index contributed by atoms with van der Waals surface area (Å²) < 4.78 is 1.90. The standard InChI is InChI=1S/C19H26N4O/c1-3-17-18(21-15-7-5-4-6-8-15)13-23(22-17)16-11-9-14(10-12-16)19(24)20-2/h9-13,15,21H,3-8H2,1-2H3,(H,20,24). The molecular weight excluding hydrogens is 300 g/mol. The number of amides is 1. The maximum atomic E-state index is 11.6. The molecule has 5 nitrogen and oxygen atoms in total. The number of benzene rings is 1. The predicted molar refractivity (Wildman–Crippen MR) is 96.8 cm³/mol. The molecule has 128 valence electrons. The zero-order chi connectivity index (χ0) is 16.9. The van der Waals surface area contributed by atoms with Crippen molar-refractivity contribution in [3.8, 4) is 5.69 Å². The molecule has 2 N–H and O–H groups in total. The normalized spacial score (nSPS) is 15.2. The molecule has 1 aromatic carbocycles. The first-order valence-electron chi connectivity index (χ1n) is 8.89. The molecule has 0 atom stereocenters. The predicted octanol–water partition coefficient (Wildman–Crippen LogP) is 3.54. The number of aromatic nitrogens is 2. The zero-order valence-corrected chi connectivity index (χ0v) is 14.5. The molecule has 5 heteroatoms. The summed E-state index contributed by atoms with van der Waals surface area (Å²) in [7, 11) is 1.64. The van der Waals surface area contributed by atoms with E-state index in [-0.39, 0.29) is 5.91 Å². The Hall–Kier alpha value is -2.30. The number of anilines is 1. The van der Waals surface area contributed by atoms with Crippen molar-refractivity contribution in [3.05, 3.63) is 41.7 Å². The number of hydrogen-bond acceptors (Lipinski definition) is 3. The summed E-state index contributed by atoms with van der Waals surface area (Å²) in [5.74, 6) is -0.0732.